The molecule has 1 aromatic carbocycles. The average molecular weight is 354 g/mol. The second kappa shape index (κ2) is 7.09. The Hall–Kier alpha value is -0.630. The van der Waals surface area contributed by atoms with E-state index in [1.807, 2.05) is 0 Å². The lowest BCUT2D eigenvalue weighted by Gasteiger charge is -2.16. The second-order valence-corrected chi connectivity index (χ2v) is 10.1. The zero-order valence-corrected chi connectivity index (χ0v) is 14.6. The summed E-state index contributed by atoms with van der Waals surface area (Å²) in [4.78, 5) is 0.0569. The largest absolute Gasteiger partial charge is 0.261 e. The molecule has 1 unspecified atom stereocenters. The lowest BCUT2D eigenvalue weighted by atomic mass is 10.1. The van der Waals surface area contributed by atoms with Gasteiger partial charge in [-0.1, -0.05) is 12.1 Å². The number of nitrogens with one attached hydrogen (secondary N) is 1. The van der Waals surface area contributed by atoms with Gasteiger partial charge in [0, 0.05) is 16.7 Å². The molecule has 0 aromatic heterocycles. The number of benzene rings is 1. The Bertz CT molecular complexity index is 667. The van der Waals surface area contributed by atoms with Crippen LogP contribution in [-0.4, -0.2) is 28.1 Å². The fraction of sp³-hybridized carbons (Fsp3) is 0.538. The molecule has 0 saturated carbocycles. The topological polar surface area (TPSA) is 80.3 Å². The summed E-state index contributed by atoms with van der Waals surface area (Å²) in [5, 5.41) is -0.465. The van der Waals surface area contributed by atoms with Gasteiger partial charge in [-0.15, -0.1) is 0 Å². The molecule has 0 fully saturated rings. The lowest BCUT2D eigenvalue weighted by molar-refractivity contribution is 0.539. The molecule has 1 rings (SSSR count). The Kier molecular flexibility index (Phi) is 6.22. The predicted molar refractivity (Wildman–Crippen MR) is 84.5 cm³/mol. The molecule has 1 atom stereocenters. The zero-order valence-electron chi connectivity index (χ0n) is 12.2. The van der Waals surface area contributed by atoms with Crippen molar-refractivity contribution in [3.63, 3.8) is 0 Å². The van der Waals surface area contributed by atoms with Crippen molar-refractivity contribution in [2.24, 2.45) is 0 Å². The third kappa shape index (κ3) is 5.94. The predicted octanol–water partition coefficient (Wildman–Crippen LogP) is 2.26. The average Bonchev–Trinajstić information content (AvgIpc) is 2.35. The molecule has 0 aliphatic carbocycles. The van der Waals surface area contributed by atoms with Crippen molar-refractivity contribution in [2.45, 2.75) is 49.8 Å². The molecule has 0 aliphatic rings. The van der Waals surface area contributed by atoms with Gasteiger partial charge in [0.1, 0.15) is 0 Å². The Morgan fingerprint density at radius 2 is 1.57 bits per heavy atom. The highest BCUT2D eigenvalue weighted by Gasteiger charge is 2.18. The first-order valence-electron chi connectivity index (χ1n) is 6.57. The summed E-state index contributed by atoms with van der Waals surface area (Å²) in [6.45, 7) is 5.05. The van der Waals surface area contributed by atoms with Crippen molar-refractivity contribution < 1.29 is 16.8 Å². The third-order valence-electron chi connectivity index (χ3n) is 3.06. The number of rotatable bonds is 7. The van der Waals surface area contributed by atoms with Crippen LogP contribution in [0.15, 0.2) is 29.2 Å². The Labute approximate surface area is 131 Å². The van der Waals surface area contributed by atoms with Crippen LogP contribution in [0.25, 0.3) is 0 Å². The van der Waals surface area contributed by atoms with E-state index in [2.05, 4.69) is 4.72 Å². The molecule has 0 radical (unpaired) electrons. The van der Waals surface area contributed by atoms with Gasteiger partial charge in [-0.05, 0) is 51.3 Å². The van der Waals surface area contributed by atoms with E-state index >= 15 is 0 Å². The van der Waals surface area contributed by atoms with Crippen LogP contribution in [0.2, 0.25) is 0 Å². The summed E-state index contributed by atoms with van der Waals surface area (Å²) in [7, 11) is -1.74. The fourth-order valence-electron chi connectivity index (χ4n) is 1.68. The minimum atomic E-state index is -3.70. The van der Waals surface area contributed by atoms with E-state index in [0.29, 0.717) is 12.8 Å². The first-order chi connectivity index (χ1) is 9.52. The minimum Gasteiger partial charge on any atom is -0.212 e. The summed E-state index contributed by atoms with van der Waals surface area (Å²) >= 11 is 0. The van der Waals surface area contributed by atoms with Crippen LogP contribution in [0.5, 0.6) is 0 Å². The van der Waals surface area contributed by atoms with Crippen LogP contribution in [0, 0.1) is 0 Å². The summed E-state index contributed by atoms with van der Waals surface area (Å²) < 4.78 is 48.3. The van der Waals surface area contributed by atoms with E-state index in [1.165, 1.54) is 12.1 Å². The molecule has 0 heterocycles. The van der Waals surface area contributed by atoms with E-state index < -0.39 is 24.3 Å². The molecule has 0 saturated heterocycles. The monoisotopic (exact) mass is 353 g/mol. The van der Waals surface area contributed by atoms with Gasteiger partial charge in [0.05, 0.1) is 10.1 Å². The Morgan fingerprint density at radius 3 is 2.00 bits per heavy atom. The van der Waals surface area contributed by atoms with E-state index in [1.54, 1.807) is 32.9 Å². The van der Waals surface area contributed by atoms with Crippen LogP contribution in [-0.2, 0) is 25.5 Å². The van der Waals surface area contributed by atoms with Crippen molar-refractivity contribution >= 4 is 29.8 Å². The van der Waals surface area contributed by atoms with E-state index in [0.717, 1.165) is 5.56 Å². The molecule has 0 bridgehead atoms. The standard InChI is InChI=1S/C13H20ClNO4S2/c1-10(2)21(18,19)15-11(3)4-5-12-6-8-13(9-7-12)20(14,16)17/h6-11,15H,4-5H2,1-3H3. The van der Waals surface area contributed by atoms with Crippen LogP contribution >= 0.6 is 10.7 Å². The molecule has 0 spiro atoms. The normalized spacial score (nSPS) is 14.3. The van der Waals surface area contributed by atoms with Gasteiger partial charge in [-0.3, -0.25) is 0 Å². The molecule has 8 heteroatoms. The van der Waals surface area contributed by atoms with E-state index in [9.17, 15) is 16.8 Å². The number of sulfonamides is 1. The fourth-order valence-corrected chi connectivity index (χ4v) is 3.40. The van der Waals surface area contributed by atoms with Crippen molar-refractivity contribution in [2.75, 3.05) is 0 Å². The highest BCUT2D eigenvalue weighted by Crippen LogP contribution is 2.16. The maximum absolute atomic E-state index is 11.7. The lowest BCUT2D eigenvalue weighted by Crippen LogP contribution is -2.37. The highest BCUT2D eigenvalue weighted by molar-refractivity contribution is 8.13. The van der Waals surface area contributed by atoms with Gasteiger partial charge in [0.25, 0.3) is 9.05 Å². The molecular weight excluding hydrogens is 334 g/mol. The molecule has 1 aromatic rings. The quantitative estimate of drug-likeness (QED) is 0.762. The smallest absolute Gasteiger partial charge is 0.212 e. The first-order valence-corrected chi connectivity index (χ1v) is 10.4. The second-order valence-electron chi connectivity index (χ2n) is 5.23. The van der Waals surface area contributed by atoms with Gasteiger partial charge in [-0.25, -0.2) is 21.6 Å². The number of hydrogen-bond donors (Lipinski definition) is 1. The summed E-state index contributed by atoms with van der Waals surface area (Å²) in [5.41, 5.74) is 0.926. The minimum absolute atomic E-state index is 0.0569. The maximum Gasteiger partial charge on any atom is 0.261 e. The first kappa shape index (κ1) is 18.4. The van der Waals surface area contributed by atoms with Crippen LogP contribution in [0.4, 0.5) is 0 Å². The molecule has 1 N–H and O–H groups in total. The van der Waals surface area contributed by atoms with E-state index in [-0.39, 0.29) is 10.9 Å². The highest BCUT2D eigenvalue weighted by atomic mass is 35.7. The van der Waals surface area contributed by atoms with Gasteiger partial charge in [0.2, 0.25) is 10.0 Å². The van der Waals surface area contributed by atoms with Gasteiger partial charge in [0.15, 0.2) is 0 Å². The molecule has 0 amide bonds. The molecule has 120 valence electrons. The molecule has 21 heavy (non-hydrogen) atoms. The van der Waals surface area contributed by atoms with E-state index in [4.69, 9.17) is 10.7 Å². The van der Waals surface area contributed by atoms with Crippen molar-refractivity contribution in [3.05, 3.63) is 29.8 Å². The summed E-state index contributed by atoms with van der Waals surface area (Å²) in [6.07, 6.45) is 1.27. The van der Waals surface area contributed by atoms with Crippen molar-refractivity contribution in [1.29, 1.82) is 0 Å². The molecule has 0 aliphatic heterocycles. The molecule has 5 nitrogen and oxygen atoms in total. The van der Waals surface area contributed by atoms with Crippen molar-refractivity contribution in [3.8, 4) is 0 Å². The van der Waals surface area contributed by atoms with Crippen LogP contribution < -0.4 is 4.72 Å². The zero-order chi connectivity index (χ0) is 16.3. The number of hydrogen-bond acceptors (Lipinski definition) is 4. The Morgan fingerprint density at radius 1 is 1.05 bits per heavy atom. The number of aryl methyl sites for hydroxylation is 1. The third-order valence-corrected chi connectivity index (χ3v) is 6.40. The number of halogens is 1. The summed E-state index contributed by atoms with van der Waals surface area (Å²) in [6, 6.07) is 6.06. The van der Waals surface area contributed by atoms with Crippen LogP contribution in [0.1, 0.15) is 32.8 Å². The van der Waals surface area contributed by atoms with Gasteiger partial charge >= 0.3 is 0 Å². The maximum atomic E-state index is 11.7. The molecular formula is C13H20ClNO4S2. The van der Waals surface area contributed by atoms with Crippen molar-refractivity contribution in [1.82, 2.24) is 4.72 Å². The summed E-state index contributed by atoms with van der Waals surface area (Å²) in [5.74, 6) is 0. The Balaban J connectivity index is 2.60. The van der Waals surface area contributed by atoms with Crippen LogP contribution in [0.3, 0.4) is 0 Å². The van der Waals surface area contributed by atoms with Gasteiger partial charge in [-0.2, -0.15) is 0 Å². The van der Waals surface area contributed by atoms with Gasteiger partial charge < -0.3 is 0 Å². The SMILES string of the molecule is CC(CCc1ccc(S(=O)(=O)Cl)cc1)NS(=O)(=O)C(C)C.